The van der Waals surface area contributed by atoms with Crippen molar-refractivity contribution in [1.29, 1.82) is 0 Å². The van der Waals surface area contributed by atoms with Crippen LogP contribution in [0.3, 0.4) is 0 Å². The lowest BCUT2D eigenvalue weighted by molar-refractivity contribution is 0.330. The first-order chi connectivity index (χ1) is 13.4. The Kier molecular flexibility index (Phi) is 5.07. The molecule has 2 heterocycles. The van der Waals surface area contributed by atoms with Gasteiger partial charge in [0.05, 0.1) is 21.6 Å². The summed E-state index contributed by atoms with van der Waals surface area (Å²) in [5, 5.41) is 5.19. The summed E-state index contributed by atoms with van der Waals surface area (Å²) in [6.07, 6.45) is 8.51. The van der Waals surface area contributed by atoms with Crippen molar-refractivity contribution >= 4 is 31.8 Å². The number of fused-ring (bicyclic) bond motifs is 1. The third-order valence-corrected chi connectivity index (χ3v) is 5.82. The molecule has 1 aromatic carbocycles. The molecule has 0 aromatic heterocycles. The van der Waals surface area contributed by atoms with Crippen LogP contribution in [0.25, 0.3) is 0 Å². The van der Waals surface area contributed by atoms with Gasteiger partial charge < -0.3 is 5.32 Å². The van der Waals surface area contributed by atoms with Crippen LogP contribution in [0.2, 0.25) is 0 Å². The maximum absolute atomic E-state index is 11.4. The molecule has 28 heavy (non-hydrogen) atoms. The molecule has 3 aliphatic rings. The van der Waals surface area contributed by atoms with Crippen LogP contribution < -0.4 is 10.7 Å². The van der Waals surface area contributed by atoms with E-state index in [4.69, 9.17) is 4.99 Å². The van der Waals surface area contributed by atoms with Gasteiger partial charge in [-0.15, -0.1) is 0 Å². The van der Waals surface area contributed by atoms with E-state index < -0.39 is 10.1 Å². The van der Waals surface area contributed by atoms with Crippen molar-refractivity contribution in [2.75, 3.05) is 6.54 Å². The molecule has 1 aliphatic carbocycles. The SMILES string of the molecule is O=S(=O)(O)C1=CC=C(NC2=CC(c3ccccc3)=NC3=C(Br)CNN23)CC=C1. The highest BCUT2D eigenvalue weighted by atomic mass is 79.9. The monoisotopic (exact) mass is 460 g/mol. The lowest BCUT2D eigenvalue weighted by Crippen LogP contribution is -2.39. The minimum atomic E-state index is -4.24. The highest BCUT2D eigenvalue weighted by Crippen LogP contribution is 2.29. The third-order valence-electron chi connectivity index (χ3n) is 4.31. The highest BCUT2D eigenvalue weighted by molar-refractivity contribution is 9.11. The Hall–Kier alpha value is -2.46. The molecule has 0 saturated heterocycles. The first kappa shape index (κ1) is 18.9. The van der Waals surface area contributed by atoms with Gasteiger partial charge in [-0.1, -0.05) is 52.3 Å². The van der Waals surface area contributed by atoms with Crippen molar-refractivity contribution in [3.05, 3.63) is 93.0 Å². The van der Waals surface area contributed by atoms with E-state index in [0.717, 1.165) is 33.1 Å². The van der Waals surface area contributed by atoms with E-state index in [1.165, 1.54) is 12.2 Å². The maximum atomic E-state index is 11.4. The molecule has 0 saturated carbocycles. The Bertz CT molecular complexity index is 1100. The minimum Gasteiger partial charge on any atom is -0.344 e. The lowest BCUT2D eigenvalue weighted by Gasteiger charge is -2.28. The van der Waals surface area contributed by atoms with E-state index in [1.54, 1.807) is 12.2 Å². The molecule has 0 bridgehead atoms. The van der Waals surface area contributed by atoms with Crippen LogP contribution in [0, 0.1) is 0 Å². The van der Waals surface area contributed by atoms with Crippen molar-refractivity contribution in [2.45, 2.75) is 6.42 Å². The van der Waals surface area contributed by atoms with Crippen LogP contribution >= 0.6 is 15.9 Å². The van der Waals surface area contributed by atoms with Gasteiger partial charge in [0.15, 0.2) is 5.82 Å². The molecule has 0 atom stereocenters. The average molecular weight is 461 g/mol. The lowest BCUT2D eigenvalue weighted by atomic mass is 10.1. The Labute approximate surface area is 171 Å². The minimum absolute atomic E-state index is 0.143. The van der Waals surface area contributed by atoms with Crippen molar-refractivity contribution in [3.63, 3.8) is 0 Å². The van der Waals surface area contributed by atoms with Crippen LogP contribution in [-0.2, 0) is 10.1 Å². The number of hydrazine groups is 1. The summed E-state index contributed by atoms with van der Waals surface area (Å²) >= 11 is 3.56. The number of halogens is 1. The van der Waals surface area contributed by atoms with Crippen molar-refractivity contribution in [2.24, 2.45) is 4.99 Å². The van der Waals surface area contributed by atoms with Gasteiger partial charge in [-0.05, 0) is 18.2 Å². The smallest absolute Gasteiger partial charge is 0.294 e. The van der Waals surface area contributed by atoms with Gasteiger partial charge in [-0.3, -0.25) is 4.55 Å². The molecule has 7 nitrogen and oxygen atoms in total. The fourth-order valence-electron chi connectivity index (χ4n) is 2.96. The quantitative estimate of drug-likeness (QED) is 0.598. The standard InChI is InChI=1S/C19H17BrN4O3S/c20-16-12-21-24-18(11-17(23-19(16)24)13-5-2-1-3-6-13)22-14-7-4-8-15(10-9-14)28(25,26)27/h1-6,8-11,21-22H,7,12H2,(H,25,26,27). The molecule has 2 aliphatic heterocycles. The number of nitrogens with one attached hydrogen (secondary N) is 2. The van der Waals surface area contributed by atoms with Crippen molar-refractivity contribution in [1.82, 2.24) is 15.8 Å². The van der Waals surface area contributed by atoms with Crippen LogP contribution in [0.15, 0.2) is 92.4 Å². The molecular weight excluding hydrogens is 444 g/mol. The van der Waals surface area contributed by atoms with Crippen molar-refractivity contribution < 1.29 is 13.0 Å². The number of benzene rings is 1. The predicted octanol–water partition coefficient (Wildman–Crippen LogP) is 2.92. The predicted molar refractivity (Wildman–Crippen MR) is 111 cm³/mol. The van der Waals surface area contributed by atoms with Crippen LogP contribution in [0.1, 0.15) is 12.0 Å². The highest BCUT2D eigenvalue weighted by Gasteiger charge is 2.28. The molecule has 3 N–H and O–H groups in total. The number of hydrogen-bond donors (Lipinski definition) is 3. The maximum Gasteiger partial charge on any atom is 0.294 e. The number of nitrogens with zero attached hydrogens (tertiary/aromatic N) is 2. The number of rotatable bonds is 4. The molecule has 1 aromatic rings. The zero-order chi connectivity index (χ0) is 19.7. The zero-order valence-corrected chi connectivity index (χ0v) is 17.0. The Morgan fingerprint density at radius 3 is 2.75 bits per heavy atom. The Balaban J connectivity index is 1.68. The van der Waals surface area contributed by atoms with Crippen molar-refractivity contribution in [3.8, 4) is 0 Å². The molecule has 0 unspecified atom stereocenters. The van der Waals surface area contributed by atoms with Gasteiger partial charge in [-0.25, -0.2) is 15.4 Å². The summed E-state index contributed by atoms with van der Waals surface area (Å²) in [5.74, 6) is 1.53. The first-order valence-electron chi connectivity index (χ1n) is 8.52. The van der Waals surface area contributed by atoms with Crippen LogP contribution in [-0.4, -0.2) is 30.2 Å². The molecule has 0 fully saturated rings. The topological polar surface area (TPSA) is 94.0 Å². The van der Waals surface area contributed by atoms with E-state index in [9.17, 15) is 13.0 Å². The summed E-state index contributed by atoms with van der Waals surface area (Å²) in [4.78, 5) is 4.60. The molecule has 9 heteroatoms. The molecule has 4 rings (SSSR count). The molecule has 0 spiro atoms. The second kappa shape index (κ2) is 7.51. The van der Waals surface area contributed by atoms with Crippen LogP contribution in [0.4, 0.5) is 0 Å². The van der Waals surface area contributed by atoms with Gasteiger partial charge in [0.25, 0.3) is 10.1 Å². The van der Waals surface area contributed by atoms with Gasteiger partial charge >= 0.3 is 0 Å². The van der Waals surface area contributed by atoms with Gasteiger partial charge in [0.1, 0.15) is 5.82 Å². The summed E-state index contributed by atoms with van der Waals surface area (Å²) in [5.41, 5.74) is 5.83. The second-order valence-corrected chi connectivity index (χ2v) is 8.64. The Morgan fingerprint density at radius 2 is 2.00 bits per heavy atom. The summed E-state index contributed by atoms with van der Waals surface area (Å²) in [6, 6.07) is 9.86. The zero-order valence-electron chi connectivity index (χ0n) is 14.6. The fourth-order valence-corrected chi connectivity index (χ4v) is 3.86. The normalized spacial score (nSPS) is 19.4. The molecular formula is C19H17BrN4O3S. The van der Waals surface area contributed by atoms with E-state index in [2.05, 4.69) is 26.7 Å². The number of aliphatic imine (C=N–C) groups is 1. The number of allylic oxidation sites excluding steroid dienone is 5. The summed E-state index contributed by atoms with van der Waals surface area (Å²) < 4.78 is 32.9. The van der Waals surface area contributed by atoms with E-state index >= 15 is 0 Å². The Morgan fingerprint density at radius 1 is 1.21 bits per heavy atom. The molecule has 144 valence electrons. The fraction of sp³-hybridized carbons (Fsp3) is 0.105. The van der Waals surface area contributed by atoms with Gasteiger partial charge in [0, 0.05) is 23.8 Å². The largest absolute Gasteiger partial charge is 0.344 e. The van der Waals surface area contributed by atoms with E-state index in [-0.39, 0.29) is 4.91 Å². The summed E-state index contributed by atoms with van der Waals surface area (Å²) in [7, 11) is -4.24. The molecule has 0 amide bonds. The number of hydrogen-bond acceptors (Lipinski definition) is 6. The van der Waals surface area contributed by atoms with E-state index in [1.807, 2.05) is 41.4 Å². The third kappa shape index (κ3) is 3.88. The molecule has 0 radical (unpaired) electrons. The van der Waals surface area contributed by atoms with E-state index in [0.29, 0.717) is 13.0 Å². The first-order valence-corrected chi connectivity index (χ1v) is 10.7. The van der Waals surface area contributed by atoms with Gasteiger partial charge in [0.2, 0.25) is 0 Å². The average Bonchev–Trinajstić information content (AvgIpc) is 2.89. The second-order valence-electron chi connectivity index (χ2n) is 6.26. The van der Waals surface area contributed by atoms with Crippen LogP contribution in [0.5, 0.6) is 0 Å². The summed E-state index contributed by atoms with van der Waals surface area (Å²) in [6.45, 7) is 0.617. The van der Waals surface area contributed by atoms with Gasteiger partial charge in [-0.2, -0.15) is 8.42 Å².